The minimum absolute atomic E-state index is 0.655. The predicted octanol–water partition coefficient (Wildman–Crippen LogP) is 3.97. The van der Waals surface area contributed by atoms with Gasteiger partial charge in [0.1, 0.15) is 18.1 Å². The van der Waals surface area contributed by atoms with E-state index in [0.717, 1.165) is 29.1 Å². The molecule has 2 aromatic rings. The van der Waals surface area contributed by atoms with Crippen LogP contribution in [0, 0.1) is 0 Å². The van der Waals surface area contributed by atoms with Crippen molar-refractivity contribution in [1.82, 2.24) is 4.90 Å². The number of methoxy groups -OCH3 is 1. The number of likely N-dealkylation sites (N-methyl/N-ethyl adjacent to an activating group) is 1. The van der Waals surface area contributed by atoms with Crippen molar-refractivity contribution >= 4 is 15.9 Å². The van der Waals surface area contributed by atoms with Gasteiger partial charge in [-0.2, -0.15) is 0 Å². The maximum atomic E-state index is 5.75. The topological polar surface area (TPSA) is 21.7 Å². The highest BCUT2D eigenvalue weighted by molar-refractivity contribution is 9.10. The molecule has 21 heavy (non-hydrogen) atoms. The predicted molar refractivity (Wildman–Crippen MR) is 89.0 cm³/mol. The van der Waals surface area contributed by atoms with Gasteiger partial charge in [-0.25, -0.2) is 0 Å². The molecule has 2 aromatic carbocycles. The van der Waals surface area contributed by atoms with Gasteiger partial charge in [0.05, 0.1) is 7.11 Å². The van der Waals surface area contributed by atoms with E-state index in [9.17, 15) is 0 Å². The lowest BCUT2D eigenvalue weighted by atomic mass is 10.2. The molecule has 0 heterocycles. The van der Waals surface area contributed by atoms with Gasteiger partial charge in [-0.3, -0.25) is 4.90 Å². The zero-order valence-corrected chi connectivity index (χ0v) is 14.0. The fourth-order valence-electron chi connectivity index (χ4n) is 2.08. The second-order valence-corrected chi connectivity index (χ2v) is 5.77. The maximum Gasteiger partial charge on any atom is 0.123 e. The van der Waals surface area contributed by atoms with Crippen molar-refractivity contribution in [2.75, 3.05) is 27.3 Å². The van der Waals surface area contributed by atoms with Crippen LogP contribution in [0.3, 0.4) is 0 Å². The van der Waals surface area contributed by atoms with Crippen LogP contribution in [-0.2, 0) is 6.54 Å². The van der Waals surface area contributed by atoms with Crippen LogP contribution in [0.5, 0.6) is 11.5 Å². The molecular weight excluding hydrogens is 330 g/mol. The van der Waals surface area contributed by atoms with Crippen molar-refractivity contribution < 1.29 is 9.47 Å². The summed E-state index contributed by atoms with van der Waals surface area (Å²) in [6.07, 6.45) is 0. The Labute approximate surface area is 134 Å². The third-order valence-corrected chi connectivity index (χ3v) is 3.66. The summed E-state index contributed by atoms with van der Waals surface area (Å²) in [4.78, 5) is 2.22. The molecule has 0 fully saturated rings. The zero-order chi connectivity index (χ0) is 15.1. The Balaban J connectivity index is 1.81. The van der Waals surface area contributed by atoms with Crippen molar-refractivity contribution in [3.8, 4) is 11.5 Å². The van der Waals surface area contributed by atoms with E-state index in [2.05, 4.69) is 33.9 Å². The van der Waals surface area contributed by atoms with Crippen LogP contribution in [0.25, 0.3) is 0 Å². The van der Waals surface area contributed by atoms with Crippen molar-refractivity contribution in [1.29, 1.82) is 0 Å². The molecule has 0 unspecified atom stereocenters. The third-order valence-electron chi connectivity index (χ3n) is 3.17. The highest BCUT2D eigenvalue weighted by Crippen LogP contribution is 2.19. The van der Waals surface area contributed by atoms with Gasteiger partial charge in [0.15, 0.2) is 0 Å². The van der Waals surface area contributed by atoms with Gasteiger partial charge in [0.2, 0.25) is 0 Å². The van der Waals surface area contributed by atoms with E-state index in [1.165, 1.54) is 5.56 Å². The summed E-state index contributed by atoms with van der Waals surface area (Å²) in [6, 6.07) is 16.0. The minimum Gasteiger partial charge on any atom is -0.496 e. The molecule has 4 heteroatoms. The first-order valence-electron chi connectivity index (χ1n) is 6.88. The first-order valence-corrected chi connectivity index (χ1v) is 7.67. The lowest BCUT2D eigenvalue weighted by Gasteiger charge is -2.18. The first kappa shape index (κ1) is 15.9. The summed E-state index contributed by atoms with van der Waals surface area (Å²) in [5.74, 6) is 1.81. The van der Waals surface area contributed by atoms with Crippen LogP contribution in [0.1, 0.15) is 5.56 Å². The number of benzene rings is 2. The Bertz CT molecular complexity index is 574. The lowest BCUT2D eigenvalue weighted by molar-refractivity contribution is 0.231. The zero-order valence-electron chi connectivity index (χ0n) is 12.4. The summed E-state index contributed by atoms with van der Waals surface area (Å²) in [5.41, 5.74) is 1.19. The average Bonchev–Trinajstić information content (AvgIpc) is 2.48. The normalized spacial score (nSPS) is 10.7. The van der Waals surface area contributed by atoms with Gasteiger partial charge >= 0.3 is 0 Å². The van der Waals surface area contributed by atoms with E-state index < -0.39 is 0 Å². The van der Waals surface area contributed by atoms with Gasteiger partial charge in [-0.05, 0) is 31.3 Å². The standard InChI is InChI=1S/C17H20BrNO2/c1-19(13-14-6-3-4-9-17(14)20-2)10-11-21-16-8-5-7-15(18)12-16/h3-9,12H,10-11,13H2,1-2H3. The Kier molecular flexibility index (Phi) is 6.08. The molecule has 0 radical (unpaired) electrons. The quantitative estimate of drug-likeness (QED) is 0.754. The van der Waals surface area contributed by atoms with Crippen molar-refractivity contribution in [3.05, 3.63) is 58.6 Å². The van der Waals surface area contributed by atoms with Crippen LogP contribution in [0.4, 0.5) is 0 Å². The third kappa shape index (κ3) is 5.06. The molecule has 112 valence electrons. The number of rotatable bonds is 7. The summed E-state index contributed by atoms with van der Waals surface area (Å²) in [7, 11) is 3.78. The smallest absolute Gasteiger partial charge is 0.123 e. The molecule has 0 bridgehead atoms. The maximum absolute atomic E-state index is 5.75. The second-order valence-electron chi connectivity index (χ2n) is 4.86. The molecule has 0 saturated heterocycles. The van der Waals surface area contributed by atoms with Crippen LogP contribution < -0.4 is 9.47 Å². The van der Waals surface area contributed by atoms with Crippen molar-refractivity contribution in [2.24, 2.45) is 0 Å². The molecule has 0 aliphatic heterocycles. The highest BCUT2D eigenvalue weighted by Gasteiger charge is 2.05. The second kappa shape index (κ2) is 8.05. The Hall–Kier alpha value is -1.52. The largest absolute Gasteiger partial charge is 0.496 e. The molecule has 0 amide bonds. The molecule has 3 nitrogen and oxygen atoms in total. The van der Waals surface area contributed by atoms with Crippen LogP contribution in [-0.4, -0.2) is 32.2 Å². The molecule has 0 aliphatic carbocycles. The van der Waals surface area contributed by atoms with E-state index in [4.69, 9.17) is 9.47 Å². The molecular formula is C17H20BrNO2. The Morgan fingerprint density at radius 1 is 1.10 bits per heavy atom. The number of halogens is 1. The molecule has 0 N–H and O–H groups in total. The SMILES string of the molecule is COc1ccccc1CN(C)CCOc1cccc(Br)c1. The fourth-order valence-corrected chi connectivity index (χ4v) is 2.46. The number of hydrogen-bond donors (Lipinski definition) is 0. The molecule has 0 aromatic heterocycles. The summed E-state index contributed by atoms with van der Waals surface area (Å²) >= 11 is 3.44. The molecule has 0 atom stereocenters. The lowest BCUT2D eigenvalue weighted by Crippen LogP contribution is -2.24. The Morgan fingerprint density at radius 3 is 2.67 bits per heavy atom. The number of para-hydroxylation sites is 1. The van der Waals surface area contributed by atoms with E-state index >= 15 is 0 Å². The number of ether oxygens (including phenoxy) is 2. The average molecular weight is 350 g/mol. The first-order chi connectivity index (χ1) is 10.2. The molecule has 0 aliphatic rings. The summed E-state index contributed by atoms with van der Waals surface area (Å²) < 4.78 is 12.1. The number of hydrogen-bond acceptors (Lipinski definition) is 3. The molecule has 0 spiro atoms. The van der Waals surface area contributed by atoms with Gasteiger partial charge in [0.25, 0.3) is 0 Å². The van der Waals surface area contributed by atoms with Crippen LogP contribution in [0.2, 0.25) is 0 Å². The summed E-state index contributed by atoms with van der Waals surface area (Å²) in [6.45, 7) is 2.35. The van der Waals surface area contributed by atoms with Gasteiger partial charge in [-0.15, -0.1) is 0 Å². The highest BCUT2D eigenvalue weighted by atomic mass is 79.9. The van der Waals surface area contributed by atoms with E-state index in [1.54, 1.807) is 7.11 Å². The van der Waals surface area contributed by atoms with Gasteiger partial charge in [-0.1, -0.05) is 40.2 Å². The number of nitrogens with zero attached hydrogens (tertiary/aromatic N) is 1. The van der Waals surface area contributed by atoms with E-state index in [-0.39, 0.29) is 0 Å². The van der Waals surface area contributed by atoms with Crippen LogP contribution in [0.15, 0.2) is 53.0 Å². The van der Waals surface area contributed by atoms with Gasteiger partial charge < -0.3 is 9.47 Å². The van der Waals surface area contributed by atoms with Crippen LogP contribution >= 0.6 is 15.9 Å². The van der Waals surface area contributed by atoms with Crippen molar-refractivity contribution in [2.45, 2.75) is 6.54 Å². The summed E-state index contributed by atoms with van der Waals surface area (Å²) in [5, 5.41) is 0. The van der Waals surface area contributed by atoms with Crippen molar-refractivity contribution in [3.63, 3.8) is 0 Å². The van der Waals surface area contributed by atoms with E-state index in [1.807, 2.05) is 42.5 Å². The minimum atomic E-state index is 0.655. The fraction of sp³-hybridized carbons (Fsp3) is 0.294. The van der Waals surface area contributed by atoms with E-state index in [0.29, 0.717) is 6.61 Å². The molecule has 0 saturated carbocycles. The monoisotopic (exact) mass is 349 g/mol. The van der Waals surface area contributed by atoms with Gasteiger partial charge in [0, 0.05) is 23.1 Å². The molecule has 2 rings (SSSR count). The Morgan fingerprint density at radius 2 is 1.90 bits per heavy atom.